The van der Waals surface area contributed by atoms with Gasteiger partial charge in [0.2, 0.25) is 0 Å². The van der Waals surface area contributed by atoms with Gasteiger partial charge in [-0.3, -0.25) is 4.79 Å². The van der Waals surface area contributed by atoms with Crippen LogP contribution in [0.15, 0.2) is 18.2 Å². The van der Waals surface area contributed by atoms with Crippen molar-refractivity contribution in [2.75, 3.05) is 13.2 Å². The number of ether oxygens (including phenoxy) is 1. The molecule has 18 heavy (non-hydrogen) atoms. The minimum atomic E-state index is -0.600. The molecule has 1 saturated heterocycles. The Hall–Kier alpha value is -1.13. The molecule has 2 rings (SSSR count). The molecule has 1 fully saturated rings. The first-order valence-corrected chi connectivity index (χ1v) is 6.39. The van der Waals surface area contributed by atoms with E-state index in [-0.39, 0.29) is 16.7 Å². The number of halogens is 2. The molecule has 0 saturated carbocycles. The zero-order valence-corrected chi connectivity index (χ0v) is 10.7. The van der Waals surface area contributed by atoms with Crippen LogP contribution in [-0.2, 0) is 4.74 Å². The molecule has 3 nitrogen and oxygen atoms in total. The summed E-state index contributed by atoms with van der Waals surface area (Å²) in [7, 11) is 0. The first-order valence-electron chi connectivity index (χ1n) is 6.01. The Morgan fingerprint density at radius 2 is 2.39 bits per heavy atom. The lowest BCUT2D eigenvalue weighted by molar-refractivity contribution is 0.0904. The molecule has 1 aliphatic heterocycles. The van der Waals surface area contributed by atoms with Crippen molar-refractivity contribution in [1.29, 1.82) is 0 Å². The molecule has 0 bridgehead atoms. The number of benzene rings is 1. The standard InChI is InChI=1S/C13H15ClFNO2/c14-9-3-4-11(12(15)8-9)13(17)16-6-5-10-2-1-7-18-10/h3-4,8,10H,1-2,5-7H2,(H,16,17)/t10-/m0/s1. The van der Waals surface area contributed by atoms with Gasteiger partial charge in [-0.25, -0.2) is 4.39 Å². The zero-order valence-electron chi connectivity index (χ0n) is 9.92. The second-order valence-corrected chi connectivity index (χ2v) is 4.74. The normalized spacial score (nSPS) is 18.9. The first kappa shape index (κ1) is 13.3. The Morgan fingerprint density at radius 1 is 1.56 bits per heavy atom. The van der Waals surface area contributed by atoms with Gasteiger partial charge in [-0.2, -0.15) is 0 Å². The summed E-state index contributed by atoms with van der Waals surface area (Å²) in [6.45, 7) is 1.29. The van der Waals surface area contributed by atoms with Crippen LogP contribution >= 0.6 is 11.6 Å². The van der Waals surface area contributed by atoms with Crippen LogP contribution in [0.4, 0.5) is 4.39 Å². The van der Waals surface area contributed by atoms with E-state index in [0.717, 1.165) is 31.9 Å². The monoisotopic (exact) mass is 271 g/mol. The SMILES string of the molecule is O=C(NCC[C@@H]1CCCO1)c1ccc(Cl)cc1F. The number of nitrogens with one attached hydrogen (secondary N) is 1. The quantitative estimate of drug-likeness (QED) is 0.914. The van der Waals surface area contributed by atoms with Crippen molar-refractivity contribution < 1.29 is 13.9 Å². The highest BCUT2D eigenvalue weighted by molar-refractivity contribution is 6.30. The molecule has 0 aliphatic carbocycles. The summed E-state index contributed by atoms with van der Waals surface area (Å²) in [5, 5.41) is 2.97. The number of carbonyl (C=O) groups excluding carboxylic acids is 1. The lowest BCUT2D eigenvalue weighted by Gasteiger charge is -2.10. The maximum atomic E-state index is 13.5. The van der Waals surface area contributed by atoms with Crippen LogP contribution in [-0.4, -0.2) is 25.2 Å². The van der Waals surface area contributed by atoms with Crippen LogP contribution in [0.2, 0.25) is 5.02 Å². The molecule has 1 amide bonds. The second-order valence-electron chi connectivity index (χ2n) is 4.30. The Bertz CT molecular complexity index is 433. The largest absolute Gasteiger partial charge is 0.378 e. The Labute approximate surface area is 110 Å². The van der Waals surface area contributed by atoms with Crippen LogP contribution in [0.5, 0.6) is 0 Å². The van der Waals surface area contributed by atoms with Gasteiger partial charge in [0, 0.05) is 18.2 Å². The van der Waals surface area contributed by atoms with E-state index in [1.807, 2.05) is 0 Å². The van der Waals surface area contributed by atoms with Crippen LogP contribution in [0.1, 0.15) is 29.6 Å². The molecule has 1 aliphatic rings. The van der Waals surface area contributed by atoms with E-state index in [1.54, 1.807) is 0 Å². The summed E-state index contributed by atoms with van der Waals surface area (Å²) in [5.74, 6) is -1.01. The maximum Gasteiger partial charge on any atom is 0.254 e. The van der Waals surface area contributed by atoms with Crippen LogP contribution in [0.25, 0.3) is 0 Å². The lowest BCUT2D eigenvalue weighted by atomic mass is 10.1. The van der Waals surface area contributed by atoms with E-state index in [2.05, 4.69) is 5.32 Å². The highest BCUT2D eigenvalue weighted by atomic mass is 35.5. The molecular weight excluding hydrogens is 257 g/mol. The maximum absolute atomic E-state index is 13.5. The summed E-state index contributed by atoms with van der Waals surface area (Å²) in [5.41, 5.74) is 0.0201. The summed E-state index contributed by atoms with van der Waals surface area (Å²) in [6, 6.07) is 4.02. The summed E-state index contributed by atoms with van der Waals surface area (Å²) < 4.78 is 18.9. The lowest BCUT2D eigenvalue weighted by Crippen LogP contribution is -2.27. The molecular formula is C13H15ClFNO2. The van der Waals surface area contributed by atoms with Gasteiger partial charge in [0.15, 0.2) is 0 Å². The predicted molar refractivity (Wildman–Crippen MR) is 67.3 cm³/mol. The van der Waals surface area contributed by atoms with E-state index in [9.17, 15) is 9.18 Å². The molecule has 1 N–H and O–H groups in total. The number of hydrogen-bond donors (Lipinski definition) is 1. The van der Waals surface area contributed by atoms with Gasteiger partial charge in [0.25, 0.3) is 5.91 Å². The van der Waals surface area contributed by atoms with E-state index in [4.69, 9.17) is 16.3 Å². The van der Waals surface area contributed by atoms with Gasteiger partial charge in [-0.05, 0) is 37.5 Å². The average Bonchev–Trinajstić information content (AvgIpc) is 2.81. The number of hydrogen-bond acceptors (Lipinski definition) is 2. The van der Waals surface area contributed by atoms with Crippen molar-refractivity contribution in [1.82, 2.24) is 5.32 Å². The number of amides is 1. The van der Waals surface area contributed by atoms with Crippen LogP contribution in [0, 0.1) is 5.82 Å². The summed E-state index contributed by atoms with van der Waals surface area (Å²) in [4.78, 5) is 11.7. The first-order chi connectivity index (χ1) is 8.66. The molecule has 0 unspecified atom stereocenters. The third-order valence-electron chi connectivity index (χ3n) is 2.95. The Morgan fingerprint density at radius 3 is 3.06 bits per heavy atom. The topological polar surface area (TPSA) is 38.3 Å². The number of carbonyl (C=O) groups is 1. The van der Waals surface area contributed by atoms with Crippen molar-refractivity contribution in [3.63, 3.8) is 0 Å². The molecule has 0 spiro atoms. The van der Waals surface area contributed by atoms with E-state index in [1.165, 1.54) is 12.1 Å². The minimum absolute atomic E-state index is 0.0201. The molecule has 98 valence electrons. The van der Waals surface area contributed by atoms with Crippen molar-refractivity contribution in [2.24, 2.45) is 0 Å². The fourth-order valence-electron chi connectivity index (χ4n) is 1.99. The van der Waals surface area contributed by atoms with Crippen molar-refractivity contribution >= 4 is 17.5 Å². The smallest absolute Gasteiger partial charge is 0.254 e. The van der Waals surface area contributed by atoms with Gasteiger partial charge in [0.05, 0.1) is 11.7 Å². The highest BCUT2D eigenvalue weighted by Gasteiger charge is 2.16. The molecule has 1 aromatic carbocycles. The van der Waals surface area contributed by atoms with Gasteiger partial charge >= 0.3 is 0 Å². The molecule has 0 aromatic heterocycles. The average molecular weight is 272 g/mol. The summed E-state index contributed by atoms with van der Waals surface area (Å²) >= 11 is 5.62. The predicted octanol–water partition coefficient (Wildman–Crippen LogP) is 2.78. The van der Waals surface area contributed by atoms with Crippen molar-refractivity contribution in [3.8, 4) is 0 Å². The van der Waals surface area contributed by atoms with Gasteiger partial charge in [-0.15, -0.1) is 0 Å². The van der Waals surface area contributed by atoms with Crippen LogP contribution < -0.4 is 5.32 Å². The molecule has 0 radical (unpaired) electrons. The number of rotatable bonds is 4. The molecule has 1 heterocycles. The van der Waals surface area contributed by atoms with Gasteiger partial charge in [0.1, 0.15) is 5.82 Å². The fourth-order valence-corrected chi connectivity index (χ4v) is 2.15. The minimum Gasteiger partial charge on any atom is -0.378 e. The van der Waals surface area contributed by atoms with E-state index < -0.39 is 11.7 Å². The third kappa shape index (κ3) is 3.43. The molecule has 1 atom stereocenters. The third-order valence-corrected chi connectivity index (χ3v) is 3.19. The van der Waals surface area contributed by atoms with Crippen LogP contribution in [0.3, 0.4) is 0 Å². The molecule has 5 heteroatoms. The molecule has 1 aromatic rings. The van der Waals surface area contributed by atoms with Gasteiger partial charge in [-0.1, -0.05) is 11.6 Å². The summed E-state index contributed by atoms with van der Waals surface area (Å²) in [6.07, 6.45) is 3.09. The van der Waals surface area contributed by atoms with Crippen molar-refractivity contribution in [2.45, 2.75) is 25.4 Å². The van der Waals surface area contributed by atoms with Crippen molar-refractivity contribution in [3.05, 3.63) is 34.6 Å². The second kappa shape index (κ2) is 6.16. The zero-order chi connectivity index (χ0) is 13.0. The fraction of sp³-hybridized carbons (Fsp3) is 0.462. The van der Waals surface area contributed by atoms with Gasteiger partial charge < -0.3 is 10.1 Å². The Kier molecular flexibility index (Phi) is 4.55. The van der Waals surface area contributed by atoms with E-state index >= 15 is 0 Å². The highest BCUT2D eigenvalue weighted by Crippen LogP contribution is 2.16. The van der Waals surface area contributed by atoms with E-state index in [0.29, 0.717) is 6.54 Å². The Balaban J connectivity index is 1.83.